The zero-order chi connectivity index (χ0) is 37.1. The number of fused-ring (bicyclic) bond motifs is 1. The molecule has 3 heterocycles. The Morgan fingerprint density at radius 1 is 0.918 bits per heavy atom. The maximum absolute atomic E-state index is 15.5. The molecule has 256 valence electrons. The molecule has 3 amide bonds. The molecule has 2 saturated heterocycles. The smallest absolute Gasteiger partial charge is 0.283 e. The van der Waals surface area contributed by atoms with Crippen molar-refractivity contribution in [2.75, 3.05) is 5.32 Å². The third-order valence-electron chi connectivity index (χ3n) is 8.17. The molecular weight excluding hydrogens is 664 g/mol. The molecule has 2 unspecified atom stereocenters. The minimum Gasteiger partial charge on any atom is -0.368 e. The van der Waals surface area contributed by atoms with Crippen LogP contribution < -0.4 is 10.6 Å². The number of aliphatic hydroxyl groups is 12. The highest BCUT2D eigenvalue weighted by molar-refractivity contribution is 6.41. The van der Waals surface area contributed by atoms with Gasteiger partial charge in [0.25, 0.3) is 41.4 Å². The van der Waals surface area contributed by atoms with Crippen LogP contribution in [-0.2, 0) is 32.1 Å². The lowest BCUT2D eigenvalue weighted by molar-refractivity contribution is -0.559. The van der Waals surface area contributed by atoms with E-state index in [2.05, 4.69) is 4.74 Å². The van der Waals surface area contributed by atoms with Crippen LogP contribution in [0.25, 0.3) is 0 Å². The molecule has 3 aliphatic rings. The normalized spacial score (nSPS) is 27.9. The zero-order valence-electron chi connectivity index (χ0n) is 24.4. The number of benzene rings is 2. The number of nitrogens with zero attached hydrogens (tertiary/aromatic N) is 2. The summed E-state index contributed by atoms with van der Waals surface area (Å²) in [6.45, 7) is 0. The standard InChI is InChI=1S/C25H24B3FN4O16/c26-22(27)25(47,48)49-23(28,44)24(45,46)33(22)20(40,41)9-4-5-11(12(29)8-9)19(38,39)31-13-3-1-2-10-15(13)21(42,43)32(16(10)35)18(37)7-6-14(34)30-17(18)36/h1-5,8,31,37-48H,6-7H2,(H,30,34,36). The van der Waals surface area contributed by atoms with Gasteiger partial charge >= 0.3 is 0 Å². The van der Waals surface area contributed by atoms with Gasteiger partial charge in [-0.3, -0.25) is 24.4 Å². The van der Waals surface area contributed by atoms with Crippen LogP contribution in [0.3, 0.4) is 0 Å². The number of imide groups is 1. The molecule has 14 N–H and O–H groups in total. The Bertz CT molecular complexity index is 1750. The van der Waals surface area contributed by atoms with Crippen LogP contribution in [-0.4, -0.2) is 141 Å². The second-order valence-corrected chi connectivity index (χ2v) is 11.5. The topological polar surface area (TPSA) is 334 Å². The fraction of sp³-hybridized carbons (Fsp3) is 0.400. The van der Waals surface area contributed by atoms with Gasteiger partial charge in [-0.15, -0.1) is 0 Å². The molecule has 0 bridgehead atoms. The molecule has 49 heavy (non-hydrogen) atoms. The Morgan fingerprint density at radius 2 is 1.53 bits per heavy atom. The number of halogens is 1. The van der Waals surface area contributed by atoms with Crippen molar-refractivity contribution in [1.82, 2.24) is 15.1 Å². The Hall–Kier alpha value is -3.59. The van der Waals surface area contributed by atoms with E-state index in [0.29, 0.717) is 12.1 Å². The molecule has 2 aromatic carbocycles. The van der Waals surface area contributed by atoms with Crippen molar-refractivity contribution < 1.29 is 84.8 Å². The summed E-state index contributed by atoms with van der Waals surface area (Å²) in [6, 6.07) is 3.95. The van der Waals surface area contributed by atoms with Crippen molar-refractivity contribution in [3.63, 3.8) is 0 Å². The molecule has 5 rings (SSSR count). The van der Waals surface area contributed by atoms with E-state index in [1.807, 2.05) is 5.32 Å². The fourth-order valence-corrected chi connectivity index (χ4v) is 5.70. The van der Waals surface area contributed by atoms with Crippen LogP contribution in [0.5, 0.6) is 0 Å². The van der Waals surface area contributed by atoms with Crippen LogP contribution in [0.15, 0.2) is 36.4 Å². The first-order valence-corrected chi connectivity index (χ1v) is 13.5. The van der Waals surface area contributed by atoms with E-state index in [4.69, 9.17) is 23.5 Å². The Morgan fingerprint density at radius 3 is 2.10 bits per heavy atom. The van der Waals surface area contributed by atoms with Gasteiger partial charge in [-0.2, -0.15) is 4.90 Å². The number of carbonyl (C=O) groups is 3. The maximum atomic E-state index is 15.5. The van der Waals surface area contributed by atoms with Crippen LogP contribution in [0.1, 0.15) is 39.9 Å². The van der Waals surface area contributed by atoms with Gasteiger partial charge in [-0.25, -0.2) is 9.29 Å². The van der Waals surface area contributed by atoms with E-state index in [1.165, 1.54) is 0 Å². The first-order valence-electron chi connectivity index (χ1n) is 13.5. The van der Waals surface area contributed by atoms with Crippen LogP contribution in [0.4, 0.5) is 10.1 Å². The number of hydrogen-bond acceptors (Lipinski definition) is 18. The number of piperidine rings is 1. The van der Waals surface area contributed by atoms with Gasteiger partial charge in [0.05, 0.1) is 32.4 Å². The Labute approximate surface area is 276 Å². The Kier molecular flexibility index (Phi) is 8.02. The second kappa shape index (κ2) is 10.7. The molecule has 0 aliphatic carbocycles. The lowest BCUT2D eigenvalue weighted by Crippen LogP contribution is -2.87. The minimum absolute atomic E-state index is 0.0652. The van der Waals surface area contributed by atoms with Crippen molar-refractivity contribution in [3.8, 4) is 0 Å². The largest absolute Gasteiger partial charge is 0.368 e. The minimum atomic E-state index is -4.30. The maximum Gasteiger partial charge on any atom is 0.283 e. The van der Waals surface area contributed by atoms with Crippen LogP contribution in [0, 0.1) is 5.82 Å². The monoisotopic (exact) mass is 688 g/mol. The average molecular weight is 688 g/mol. The molecule has 0 aromatic heterocycles. The summed E-state index contributed by atoms with van der Waals surface area (Å²) in [4.78, 5) is 36.5. The summed E-state index contributed by atoms with van der Waals surface area (Å²) in [5, 5.41) is 128. The third-order valence-corrected chi connectivity index (χ3v) is 8.17. The lowest BCUT2D eigenvalue weighted by atomic mass is 9.56. The number of hydrogen-bond donors (Lipinski definition) is 14. The summed E-state index contributed by atoms with van der Waals surface area (Å²) in [6.07, 6.45) is -1.29. The number of amides is 3. The summed E-state index contributed by atoms with van der Waals surface area (Å²) >= 11 is 0. The first kappa shape index (κ1) is 36.7. The molecule has 2 aromatic rings. The number of nitrogens with one attached hydrogen (secondary N) is 2. The molecule has 20 nitrogen and oxygen atoms in total. The summed E-state index contributed by atoms with van der Waals surface area (Å²) in [5.74, 6) is -25.2. The number of rotatable bonds is 6. The van der Waals surface area contributed by atoms with Gasteiger partial charge in [0, 0.05) is 29.4 Å². The van der Waals surface area contributed by atoms with Crippen LogP contribution >= 0.6 is 0 Å². The molecular formula is C25H24B3FN4O16. The molecule has 0 saturated carbocycles. The van der Waals surface area contributed by atoms with Gasteiger partial charge in [0.2, 0.25) is 11.6 Å². The predicted molar refractivity (Wildman–Crippen MR) is 151 cm³/mol. The molecule has 3 aliphatic heterocycles. The average Bonchev–Trinajstić information content (AvgIpc) is 3.14. The molecule has 2 atom stereocenters. The molecule has 24 heteroatoms. The van der Waals surface area contributed by atoms with Gasteiger partial charge in [-0.05, 0) is 24.3 Å². The van der Waals surface area contributed by atoms with E-state index in [9.17, 15) is 75.7 Å². The summed E-state index contributed by atoms with van der Waals surface area (Å²) in [7, 11) is 16.1. The lowest BCUT2D eigenvalue weighted by Gasteiger charge is -2.63. The highest BCUT2D eigenvalue weighted by Crippen LogP contribution is 2.48. The number of ether oxygens (including phenoxy) is 1. The van der Waals surface area contributed by atoms with Gasteiger partial charge < -0.3 is 66.6 Å². The highest BCUT2D eigenvalue weighted by Gasteiger charge is 2.72. The predicted octanol–water partition coefficient (Wildman–Crippen LogP) is -7.78. The summed E-state index contributed by atoms with van der Waals surface area (Å²) in [5.41, 5.74) is -11.6. The van der Waals surface area contributed by atoms with E-state index < -0.39 is 116 Å². The summed E-state index contributed by atoms with van der Waals surface area (Å²) < 4.78 is 19.6. The number of morpholine rings is 1. The van der Waals surface area contributed by atoms with Crippen LogP contribution in [0.2, 0.25) is 0 Å². The van der Waals surface area contributed by atoms with E-state index in [1.54, 1.807) is 5.32 Å². The third kappa shape index (κ3) is 5.16. The van der Waals surface area contributed by atoms with E-state index in [-0.39, 0.29) is 11.0 Å². The Balaban J connectivity index is 1.51. The van der Waals surface area contributed by atoms with E-state index >= 15 is 4.39 Å². The molecule has 2 fully saturated rings. The van der Waals surface area contributed by atoms with Crippen molar-refractivity contribution in [1.29, 1.82) is 0 Å². The van der Waals surface area contributed by atoms with Gasteiger partial charge in [-0.1, -0.05) is 12.1 Å². The fourth-order valence-electron chi connectivity index (χ4n) is 5.70. The van der Waals surface area contributed by atoms with Crippen molar-refractivity contribution >= 4 is 46.9 Å². The number of carbonyl (C=O) groups excluding carboxylic acids is 3. The van der Waals surface area contributed by atoms with Crippen molar-refractivity contribution in [3.05, 3.63) is 64.5 Å². The van der Waals surface area contributed by atoms with Gasteiger partial charge in [0.1, 0.15) is 5.82 Å². The van der Waals surface area contributed by atoms with Crippen molar-refractivity contribution in [2.24, 2.45) is 0 Å². The van der Waals surface area contributed by atoms with Gasteiger partial charge in [0.15, 0.2) is 13.5 Å². The SMILES string of the molecule is [B]C1(O)OC(O)(O)C([B])([B])N(C(O)(O)c2ccc(C(O)(O)Nc3cccc4c3C(O)(O)N(C3(O)CCC(=O)NC3=O)C4=O)c(F)c2)C1(O)O. The molecule has 6 radical (unpaired) electrons. The first-order chi connectivity index (χ1) is 22.1. The second-order valence-electron chi connectivity index (χ2n) is 11.5. The highest BCUT2D eigenvalue weighted by atomic mass is 19.1. The quantitative estimate of drug-likeness (QED) is 0.0761. The zero-order valence-corrected chi connectivity index (χ0v) is 24.4. The van der Waals surface area contributed by atoms with Crippen molar-refractivity contribution in [2.45, 2.75) is 59.2 Å². The van der Waals surface area contributed by atoms with E-state index in [0.717, 1.165) is 18.2 Å². The molecule has 0 spiro atoms. The number of anilines is 1.